The van der Waals surface area contributed by atoms with Gasteiger partial charge in [0.05, 0.1) is 0 Å². The molecule has 4 aliphatic carbocycles. The Hall–Kier alpha value is -1.29. The molecule has 0 saturated heterocycles. The Morgan fingerprint density at radius 1 is 1.00 bits per heavy atom. The van der Waals surface area contributed by atoms with Crippen LogP contribution in [0, 0.1) is 17.8 Å². The van der Waals surface area contributed by atoms with Crippen molar-refractivity contribution in [2.24, 2.45) is 22.7 Å². The second-order valence-corrected chi connectivity index (χ2v) is 9.08. The smallest absolute Gasteiger partial charge is 0.266 e. The minimum absolute atomic E-state index is 0.00608. The fourth-order valence-electron chi connectivity index (χ4n) is 5.73. The SMILES string of the molecule is O=C1N=C(NC23CC4C[C@H](C2)C[C@@H](C4)C3)SC1c1ccccc1. The highest BCUT2D eigenvalue weighted by atomic mass is 32.2. The van der Waals surface area contributed by atoms with E-state index in [1.54, 1.807) is 11.8 Å². The number of nitrogens with zero attached hydrogens (tertiary/aromatic N) is 1. The minimum atomic E-state index is -0.160. The first-order chi connectivity index (χ1) is 11.2. The van der Waals surface area contributed by atoms with Crippen molar-refractivity contribution < 1.29 is 4.79 Å². The van der Waals surface area contributed by atoms with Gasteiger partial charge in [0.1, 0.15) is 5.25 Å². The average Bonchev–Trinajstić information content (AvgIpc) is 2.86. The van der Waals surface area contributed by atoms with Crippen molar-refractivity contribution >= 4 is 22.8 Å². The quantitative estimate of drug-likeness (QED) is 0.896. The minimum Gasteiger partial charge on any atom is -0.359 e. The third-order valence-electron chi connectivity index (χ3n) is 6.18. The Bertz CT molecular complexity index is 634. The average molecular weight is 326 g/mol. The van der Waals surface area contributed by atoms with Gasteiger partial charge >= 0.3 is 0 Å². The molecule has 4 saturated carbocycles. The van der Waals surface area contributed by atoms with E-state index in [0.717, 1.165) is 28.5 Å². The molecule has 1 aliphatic heterocycles. The number of amides is 1. The summed E-state index contributed by atoms with van der Waals surface area (Å²) in [4.78, 5) is 16.7. The Morgan fingerprint density at radius 3 is 2.22 bits per heavy atom. The molecule has 1 aromatic carbocycles. The molecule has 1 unspecified atom stereocenters. The zero-order valence-corrected chi connectivity index (χ0v) is 14.0. The number of carbonyl (C=O) groups is 1. The lowest BCUT2D eigenvalue weighted by Gasteiger charge is -2.57. The van der Waals surface area contributed by atoms with Crippen LogP contribution >= 0.6 is 11.8 Å². The molecule has 3 nitrogen and oxygen atoms in total. The summed E-state index contributed by atoms with van der Waals surface area (Å²) in [7, 11) is 0. The summed E-state index contributed by atoms with van der Waals surface area (Å²) in [6.45, 7) is 0. The standard InChI is InChI=1S/C19H22N2OS/c22-17-16(15-4-2-1-3-5-15)23-18(20-17)21-19-9-12-6-13(10-19)8-14(7-12)11-19/h1-5,12-14,16H,6-11H2,(H,20,21,22)/t12-,13+,14?,16?,19?. The van der Waals surface area contributed by atoms with Gasteiger partial charge < -0.3 is 5.32 Å². The third-order valence-corrected chi connectivity index (χ3v) is 7.30. The molecule has 4 bridgehead atoms. The first kappa shape index (κ1) is 14.1. The van der Waals surface area contributed by atoms with Crippen molar-refractivity contribution in [2.45, 2.75) is 49.3 Å². The van der Waals surface area contributed by atoms with Crippen LogP contribution in [0.5, 0.6) is 0 Å². The van der Waals surface area contributed by atoms with Gasteiger partial charge in [0.15, 0.2) is 5.17 Å². The second-order valence-electron chi connectivity index (χ2n) is 7.99. The summed E-state index contributed by atoms with van der Waals surface area (Å²) in [5, 5.41) is 4.45. The van der Waals surface area contributed by atoms with Crippen molar-refractivity contribution in [3.8, 4) is 0 Å². The van der Waals surface area contributed by atoms with E-state index in [0.29, 0.717) is 0 Å². The van der Waals surface area contributed by atoms with Gasteiger partial charge in [-0.3, -0.25) is 4.79 Å². The number of benzene rings is 1. The van der Waals surface area contributed by atoms with E-state index >= 15 is 0 Å². The monoisotopic (exact) mass is 326 g/mol. The first-order valence-electron chi connectivity index (χ1n) is 8.81. The lowest BCUT2D eigenvalue weighted by Crippen LogP contribution is -2.59. The number of hydrogen-bond acceptors (Lipinski definition) is 3. The number of aliphatic imine (C=N–C) groups is 1. The zero-order chi connectivity index (χ0) is 15.4. The molecular weight excluding hydrogens is 304 g/mol. The van der Waals surface area contributed by atoms with E-state index in [9.17, 15) is 4.79 Å². The van der Waals surface area contributed by atoms with Gasteiger partial charge in [-0.2, -0.15) is 4.99 Å². The van der Waals surface area contributed by atoms with E-state index in [2.05, 4.69) is 10.3 Å². The van der Waals surface area contributed by atoms with Crippen molar-refractivity contribution in [3.63, 3.8) is 0 Å². The molecule has 5 aliphatic rings. The largest absolute Gasteiger partial charge is 0.359 e. The Kier molecular flexibility index (Phi) is 3.12. The lowest BCUT2D eigenvalue weighted by molar-refractivity contribution is -0.117. The highest BCUT2D eigenvalue weighted by Crippen LogP contribution is 2.56. The van der Waals surface area contributed by atoms with Crippen molar-refractivity contribution in [1.82, 2.24) is 5.32 Å². The molecular formula is C19H22N2OS. The van der Waals surface area contributed by atoms with Gasteiger partial charge in [-0.15, -0.1) is 0 Å². The molecule has 120 valence electrons. The predicted molar refractivity (Wildman–Crippen MR) is 93.3 cm³/mol. The third kappa shape index (κ3) is 2.42. The van der Waals surface area contributed by atoms with E-state index in [1.165, 1.54) is 38.5 Å². The number of carbonyl (C=O) groups excluding carboxylic acids is 1. The summed E-state index contributed by atoms with van der Waals surface area (Å²) in [5.74, 6) is 2.71. The summed E-state index contributed by atoms with van der Waals surface area (Å²) in [5.41, 5.74) is 1.29. The van der Waals surface area contributed by atoms with E-state index in [4.69, 9.17) is 0 Å². The van der Waals surface area contributed by atoms with Gasteiger partial charge in [-0.25, -0.2) is 0 Å². The van der Waals surface area contributed by atoms with Gasteiger partial charge in [-0.1, -0.05) is 42.1 Å². The van der Waals surface area contributed by atoms with E-state index < -0.39 is 0 Å². The van der Waals surface area contributed by atoms with Crippen LogP contribution in [0.3, 0.4) is 0 Å². The molecule has 4 heteroatoms. The summed E-state index contributed by atoms with van der Waals surface area (Å²) >= 11 is 1.61. The van der Waals surface area contributed by atoms with Crippen molar-refractivity contribution in [2.75, 3.05) is 0 Å². The predicted octanol–water partition coefficient (Wildman–Crippen LogP) is 3.92. The zero-order valence-electron chi connectivity index (χ0n) is 13.2. The Morgan fingerprint density at radius 2 is 1.61 bits per heavy atom. The second kappa shape index (κ2) is 5.10. The summed E-state index contributed by atoms with van der Waals surface area (Å²) < 4.78 is 0. The van der Waals surface area contributed by atoms with Crippen LogP contribution in [-0.2, 0) is 4.79 Å². The molecule has 0 radical (unpaired) electrons. The van der Waals surface area contributed by atoms with Crippen LogP contribution in [-0.4, -0.2) is 16.6 Å². The van der Waals surface area contributed by atoms with Gasteiger partial charge in [0.2, 0.25) is 0 Å². The van der Waals surface area contributed by atoms with E-state index in [1.807, 2.05) is 30.3 Å². The fraction of sp³-hybridized carbons (Fsp3) is 0.579. The summed E-state index contributed by atoms with van der Waals surface area (Å²) in [6, 6.07) is 10.0. The molecule has 1 amide bonds. The Balaban J connectivity index is 1.34. The lowest BCUT2D eigenvalue weighted by atomic mass is 9.53. The molecule has 1 N–H and O–H groups in total. The number of rotatable bonds is 2. The molecule has 23 heavy (non-hydrogen) atoms. The molecule has 6 rings (SSSR count). The normalized spacial score (nSPS) is 41.2. The number of thioether (sulfide) groups is 1. The molecule has 4 fully saturated rings. The first-order valence-corrected chi connectivity index (χ1v) is 9.69. The maximum Gasteiger partial charge on any atom is 0.266 e. The maximum atomic E-state index is 12.3. The highest BCUT2D eigenvalue weighted by molar-refractivity contribution is 8.15. The van der Waals surface area contributed by atoms with Crippen LogP contribution in [0.2, 0.25) is 0 Å². The fourth-order valence-corrected chi connectivity index (χ4v) is 6.82. The topological polar surface area (TPSA) is 41.5 Å². The molecule has 1 aromatic rings. The molecule has 1 heterocycles. The van der Waals surface area contributed by atoms with Crippen LogP contribution in [0.25, 0.3) is 0 Å². The maximum absolute atomic E-state index is 12.3. The van der Waals surface area contributed by atoms with Crippen LogP contribution in [0.15, 0.2) is 35.3 Å². The van der Waals surface area contributed by atoms with Gasteiger partial charge in [0.25, 0.3) is 5.91 Å². The van der Waals surface area contributed by atoms with Crippen molar-refractivity contribution in [3.05, 3.63) is 35.9 Å². The number of hydrogen-bond donors (Lipinski definition) is 1. The highest BCUT2D eigenvalue weighted by Gasteiger charge is 2.51. The van der Waals surface area contributed by atoms with Crippen molar-refractivity contribution in [1.29, 1.82) is 0 Å². The summed E-state index contributed by atoms with van der Waals surface area (Å²) in [6.07, 6.45) is 8.15. The van der Waals surface area contributed by atoms with Crippen LogP contribution in [0.4, 0.5) is 0 Å². The van der Waals surface area contributed by atoms with Gasteiger partial charge in [0, 0.05) is 5.54 Å². The van der Waals surface area contributed by atoms with E-state index in [-0.39, 0.29) is 16.7 Å². The molecule has 1 atom stereocenters. The van der Waals surface area contributed by atoms with Crippen LogP contribution < -0.4 is 5.32 Å². The van der Waals surface area contributed by atoms with Crippen LogP contribution in [0.1, 0.15) is 49.3 Å². The number of amidine groups is 1. The molecule has 0 aromatic heterocycles. The van der Waals surface area contributed by atoms with Gasteiger partial charge in [-0.05, 0) is 61.8 Å². The number of nitrogens with one attached hydrogen (secondary N) is 1. The molecule has 0 spiro atoms. The Labute approximate surface area is 141 Å².